The van der Waals surface area contributed by atoms with Crippen LogP contribution >= 0.6 is 0 Å². The van der Waals surface area contributed by atoms with E-state index in [0.29, 0.717) is 16.9 Å². The summed E-state index contributed by atoms with van der Waals surface area (Å²) < 4.78 is 39.8. The van der Waals surface area contributed by atoms with Crippen molar-refractivity contribution in [1.82, 2.24) is 14.3 Å². The second kappa shape index (κ2) is 7.14. The van der Waals surface area contributed by atoms with Crippen LogP contribution in [-0.4, -0.2) is 34.9 Å². The Hall–Kier alpha value is -3.52. The predicted octanol–water partition coefficient (Wildman–Crippen LogP) is 3.57. The summed E-state index contributed by atoms with van der Waals surface area (Å²) in [6.45, 7) is 0. The molecule has 2 aromatic carbocycles. The third-order valence-electron chi connectivity index (χ3n) is 4.42. The van der Waals surface area contributed by atoms with Gasteiger partial charge >= 0.3 is 0 Å². The quantitative estimate of drug-likeness (QED) is 0.517. The minimum atomic E-state index is -3.33. The Kier molecular flexibility index (Phi) is 4.63. The summed E-state index contributed by atoms with van der Waals surface area (Å²) in [5.41, 5.74) is 2.01. The highest BCUT2D eigenvalue weighted by Gasteiger charge is 2.18. The van der Waals surface area contributed by atoms with Gasteiger partial charge in [0.25, 0.3) is 5.91 Å². The molecule has 0 atom stereocenters. The summed E-state index contributed by atoms with van der Waals surface area (Å²) in [5, 5.41) is 4.42. The lowest BCUT2D eigenvalue weighted by Crippen LogP contribution is -2.11. The summed E-state index contributed by atoms with van der Waals surface area (Å²) in [6, 6.07) is 17.1. The number of halogens is 1. The molecule has 0 aliphatic rings. The number of benzene rings is 2. The summed E-state index contributed by atoms with van der Waals surface area (Å²) in [7, 11) is -3.33. The fourth-order valence-corrected chi connectivity index (χ4v) is 3.58. The van der Waals surface area contributed by atoms with E-state index in [1.165, 1.54) is 33.5 Å². The summed E-state index contributed by atoms with van der Waals surface area (Å²) in [6.07, 6.45) is 4.39. The smallest absolute Gasteiger partial charge is 0.282 e. The molecule has 146 valence electrons. The van der Waals surface area contributed by atoms with Gasteiger partial charge in [-0.1, -0.05) is 12.1 Å². The van der Waals surface area contributed by atoms with Gasteiger partial charge in [-0.3, -0.25) is 9.36 Å². The SMILES string of the molecule is CS(=O)(=O)c1ccc(-c2cc(C(=O)n3cccc3)nn2-c2ccc(F)cc2)cc1. The van der Waals surface area contributed by atoms with Crippen LogP contribution in [-0.2, 0) is 9.84 Å². The van der Waals surface area contributed by atoms with Crippen molar-refractivity contribution in [2.45, 2.75) is 4.90 Å². The van der Waals surface area contributed by atoms with Gasteiger partial charge in [-0.15, -0.1) is 0 Å². The Labute approximate surface area is 166 Å². The lowest BCUT2D eigenvalue weighted by atomic mass is 10.1. The Morgan fingerprint density at radius 1 is 0.966 bits per heavy atom. The number of aromatic nitrogens is 3. The molecule has 0 fully saturated rings. The topological polar surface area (TPSA) is 74.0 Å². The van der Waals surface area contributed by atoms with Crippen molar-refractivity contribution in [2.75, 3.05) is 6.26 Å². The molecule has 2 heterocycles. The molecule has 2 aromatic heterocycles. The van der Waals surface area contributed by atoms with Gasteiger partial charge in [0.1, 0.15) is 5.82 Å². The van der Waals surface area contributed by atoms with Crippen LogP contribution in [0.2, 0.25) is 0 Å². The first-order chi connectivity index (χ1) is 13.8. The maximum atomic E-state index is 13.4. The molecular formula is C21H16FN3O3S. The number of carbonyl (C=O) groups excluding carboxylic acids is 1. The Bertz CT molecular complexity index is 1270. The van der Waals surface area contributed by atoms with Crippen LogP contribution in [0.3, 0.4) is 0 Å². The van der Waals surface area contributed by atoms with Crippen LogP contribution in [0.4, 0.5) is 4.39 Å². The van der Waals surface area contributed by atoms with Crippen LogP contribution in [0, 0.1) is 5.82 Å². The van der Waals surface area contributed by atoms with Crippen molar-refractivity contribution in [1.29, 1.82) is 0 Å². The highest BCUT2D eigenvalue weighted by molar-refractivity contribution is 7.90. The van der Waals surface area contributed by atoms with Gasteiger partial charge in [0.2, 0.25) is 0 Å². The number of nitrogens with zero attached hydrogens (tertiary/aromatic N) is 3. The maximum Gasteiger partial charge on any atom is 0.282 e. The van der Waals surface area contributed by atoms with Crippen molar-refractivity contribution in [3.63, 3.8) is 0 Å². The first-order valence-corrected chi connectivity index (χ1v) is 10.6. The van der Waals surface area contributed by atoms with Crippen LogP contribution in [0.5, 0.6) is 0 Å². The van der Waals surface area contributed by atoms with E-state index in [2.05, 4.69) is 5.10 Å². The second-order valence-corrected chi connectivity index (χ2v) is 8.51. The van der Waals surface area contributed by atoms with Crippen molar-refractivity contribution >= 4 is 15.7 Å². The first-order valence-electron chi connectivity index (χ1n) is 8.67. The van der Waals surface area contributed by atoms with Crippen LogP contribution in [0.1, 0.15) is 10.5 Å². The zero-order chi connectivity index (χ0) is 20.6. The number of rotatable bonds is 4. The number of carbonyl (C=O) groups is 1. The van der Waals surface area contributed by atoms with Crippen molar-refractivity contribution < 1.29 is 17.6 Å². The standard InChI is InChI=1S/C21H16FN3O3S/c1-29(27,28)18-10-4-15(5-11-18)20-14-19(21(26)24-12-2-3-13-24)23-25(20)17-8-6-16(22)7-9-17/h2-14H,1H3. The van der Waals surface area contributed by atoms with Crippen molar-refractivity contribution in [3.05, 3.63) is 90.6 Å². The van der Waals surface area contributed by atoms with E-state index < -0.39 is 9.84 Å². The zero-order valence-electron chi connectivity index (χ0n) is 15.4. The second-order valence-electron chi connectivity index (χ2n) is 6.50. The van der Waals surface area contributed by atoms with Gasteiger partial charge in [0.15, 0.2) is 15.5 Å². The van der Waals surface area contributed by atoms with Crippen molar-refractivity contribution in [3.8, 4) is 16.9 Å². The summed E-state index contributed by atoms with van der Waals surface area (Å²) >= 11 is 0. The summed E-state index contributed by atoms with van der Waals surface area (Å²) in [5.74, 6) is -0.700. The third-order valence-corrected chi connectivity index (χ3v) is 5.55. The average molecular weight is 409 g/mol. The van der Waals surface area contributed by atoms with Gasteiger partial charge in [0.05, 0.1) is 16.3 Å². The molecule has 0 aliphatic heterocycles. The number of hydrogen-bond acceptors (Lipinski definition) is 4. The van der Waals surface area contributed by atoms with E-state index >= 15 is 0 Å². The van der Waals surface area contributed by atoms with Crippen molar-refractivity contribution in [2.24, 2.45) is 0 Å². The van der Waals surface area contributed by atoms with Gasteiger partial charge in [-0.05, 0) is 54.6 Å². The number of hydrogen-bond donors (Lipinski definition) is 0. The lowest BCUT2D eigenvalue weighted by Gasteiger charge is -2.08. The molecule has 4 aromatic rings. The van der Waals surface area contributed by atoms with E-state index in [1.54, 1.807) is 54.9 Å². The van der Waals surface area contributed by atoms with Crippen LogP contribution in [0.25, 0.3) is 16.9 Å². The Morgan fingerprint density at radius 3 is 2.17 bits per heavy atom. The minimum absolute atomic E-state index is 0.192. The third kappa shape index (κ3) is 3.74. The van der Waals surface area contributed by atoms with Gasteiger partial charge < -0.3 is 0 Å². The highest BCUT2D eigenvalue weighted by Crippen LogP contribution is 2.26. The number of sulfone groups is 1. The normalized spacial score (nSPS) is 11.5. The molecule has 0 saturated carbocycles. The monoisotopic (exact) mass is 409 g/mol. The van der Waals surface area contributed by atoms with E-state index in [-0.39, 0.29) is 22.3 Å². The molecule has 29 heavy (non-hydrogen) atoms. The zero-order valence-corrected chi connectivity index (χ0v) is 16.2. The van der Waals surface area contributed by atoms with Gasteiger partial charge in [0, 0.05) is 24.2 Å². The maximum absolute atomic E-state index is 13.4. The van der Waals surface area contributed by atoms with Crippen LogP contribution in [0.15, 0.2) is 84.0 Å². The molecular weight excluding hydrogens is 393 g/mol. The van der Waals surface area contributed by atoms with E-state index in [4.69, 9.17) is 0 Å². The molecule has 0 unspecified atom stereocenters. The molecule has 0 spiro atoms. The fraction of sp³-hybridized carbons (Fsp3) is 0.0476. The van der Waals surface area contributed by atoms with E-state index in [0.717, 1.165) is 6.26 Å². The predicted molar refractivity (Wildman–Crippen MR) is 106 cm³/mol. The fourth-order valence-electron chi connectivity index (χ4n) is 2.95. The van der Waals surface area contributed by atoms with E-state index in [9.17, 15) is 17.6 Å². The molecule has 6 nitrogen and oxygen atoms in total. The molecule has 0 N–H and O–H groups in total. The largest absolute Gasteiger partial charge is 0.289 e. The molecule has 0 radical (unpaired) electrons. The highest BCUT2D eigenvalue weighted by atomic mass is 32.2. The average Bonchev–Trinajstić information content (AvgIpc) is 3.38. The molecule has 0 aliphatic carbocycles. The summed E-state index contributed by atoms with van der Waals surface area (Å²) in [4.78, 5) is 12.9. The van der Waals surface area contributed by atoms with Gasteiger partial charge in [-0.2, -0.15) is 5.10 Å². The minimum Gasteiger partial charge on any atom is -0.289 e. The molecule has 0 bridgehead atoms. The molecule has 0 saturated heterocycles. The van der Waals surface area contributed by atoms with Gasteiger partial charge in [-0.25, -0.2) is 17.5 Å². The first kappa shape index (κ1) is 18.8. The Morgan fingerprint density at radius 2 is 1.59 bits per heavy atom. The molecule has 4 rings (SSSR count). The molecule has 8 heteroatoms. The molecule has 0 amide bonds. The Balaban J connectivity index is 1.85. The lowest BCUT2D eigenvalue weighted by molar-refractivity contribution is 0.0955. The van der Waals surface area contributed by atoms with Crippen LogP contribution < -0.4 is 0 Å². The van der Waals surface area contributed by atoms with E-state index in [1.807, 2.05) is 0 Å².